The Morgan fingerprint density at radius 2 is 2.00 bits per heavy atom. The number of halogens is 5. The largest absolute Gasteiger partial charge is 0.417 e. The van der Waals surface area contributed by atoms with Crippen LogP contribution in [0.25, 0.3) is 11.2 Å². The monoisotopic (exact) mass is 444 g/mol. The van der Waals surface area contributed by atoms with E-state index in [0.29, 0.717) is 21.3 Å². The maximum Gasteiger partial charge on any atom is 0.417 e. The van der Waals surface area contributed by atoms with E-state index in [9.17, 15) is 18.3 Å². The number of aromatic nitrogens is 3. The van der Waals surface area contributed by atoms with E-state index in [2.05, 4.69) is 15.3 Å². The van der Waals surface area contributed by atoms with Gasteiger partial charge in [-0.05, 0) is 49.1 Å². The van der Waals surface area contributed by atoms with Gasteiger partial charge >= 0.3 is 6.18 Å². The fraction of sp³-hybridized carbons (Fsp3) is 0.368. The molecule has 1 aliphatic rings. The number of benzene rings is 1. The van der Waals surface area contributed by atoms with Crippen molar-refractivity contribution >= 4 is 40.3 Å². The highest BCUT2D eigenvalue weighted by Gasteiger charge is 2.33. The molecule has 1 fully saturated rings. The van der Waals surface area contributed by atoms with Gasteiger partial charge in [0.1, 0.15) is 11.7 Å². The molecule has 1 unspecified atom stereocenters. The SMILES string of the molecule is OC(Cc1cc(Cl)ccc1Cl)Nc1nc2cc(C(F)(F)F)cnc2n1C1CCC1. The quantitative estimate of drug-likeness (QED) is 0.513. The van der Waals surface area contributed by atoms with Crippen LogP contribution in [0.5, 0.6) is 0 Å². The number of hydrogen-bond acceptors (Lipinski definition) is 4. The first-order valence-electron chi connectivity index (χ1n) is 9.06. The minimum atomic E-state index is -4.50. The third-order valence-corrected chi connectivity index (χ3v) is 5.62. The van der Waals surface area contributed by atoms with Crippen molar-refractivity contribution in [3.63, 3.8) is 0 Å². The molecule has 1 aromatic carbocycles. The number of alkyl halides is 3. The molecule has 0 bridgehead atoms. The summed E-state index contributed by atoms with van der Waals surface area (Å²) in [6.07, 6.45) is -1.84. The molecule has 0 radical (unpaired) electrons. The highest BCUT2D eigenvalue weighted by atomic mass is 35.5. The van der Waals surface area contributed by atoms with Crippen LogP contribution in [0.1, 0.15) is 36.4 Å². The summed E-state index contributed by atoms with van der Waals surface area (Å²) in [6, 6.07) is 5.99. The molecule has 2 heterocycles. The molecule has 2 N–H and O–H groups in total. The molecule has 0 spiro atoms. The Bertz CT molecular complexity index is 1050. The summed E-state index contributed by atoms with van der Waals surface area (Å²) in [7, 11) is 0. The summed E-state index contributed by atoms with van der Waals surface area (Å²) in [5, 5.41) is 14.3. The second kappa shape index (κ2) is 7.66. The predicted molar refractivity (Wildman–Crippen MR) is 105 cm³/mol. The van der Waals surface area contributed by atoms with E-state index in [1.165, 1.54) is 0 Å². The summed E-state index contributed by atoms with van der Waals surface area (Å²) in [6.45, 7) is 0. The summed E-state index contributed by atoms with van der Waals surface area (Å²) in [5.74, 6) is 0.280. The summed E-state index contributed by atoms with van der Waals surface area (Å²) >= 11 is 12.1. The average Bonchev–Trinajstić information content (AvgIpc) is 2.93. The minimum Gasteiger partial charge on any atom is -0.373 e. The predicted octanol–water partition coefficient (Wildman–Crippen LogP) is 5.45. The van der Waals surface area contributed by atoms with E-state index in [4.69, 9.17) is 23.2 Å². The third-order valence-electron chi connectivity index (χ3n) is 5.01. The molecular weight excluding hydrogens is 428 g/mol. The van der Waals surface area contributed by atoms with Gasteiger partial charge in [0.05, 0.1) is 5.56 Å². The van der Waals surface area contributed by atoms with E-state index in [0.717, 1.165) is 31.5 Å². The maximum absolute atomic E-state index is 13.0. The van der Waals surface area contributed by atoms with Gasteiger partial charge in [-0.2, -0.15) is 13.2 Å². The second-order valence-electron chi connectivity index (χ2n) is 7.05. The number of nitrogens with one attached hydrogen (secondary N) is 1. The van der Waals surface area contributed by atoms with Crippen molar-refractivity contribution in [1.82, 2.24) is 14.5 Å². The van der Waals surface area contributed by atoms with Crippen LogP contribution in [0, 0.1) is 0 Å². The summed E-state index contributed by atoms with van der Waals surface area (Å²) < 4.78 is 40.9. The van der Waals surface area contributed by atoms with Gasteiger partial charge in [-0.3, -0.25) is 4.57 Å². The van der Waals surface area contributed by atoms with Gasteiger partial charge in [0, 0.05) is 28.7 Å². The van der Waals surface area contributed by atoms with Crippen molar-refractivity contribution in [1.29, 1.82) is 0 Å². The molecule has 10 heteroatoms. The van der Waals surface area contributed by atoms with Crippen LogP contribution in [-0.2, 0) is 12.6 Å². The Hall–Kier alpha value is -2.03. The van der Waals surface area contributed by atoms with Crippen LogP contribution in [0.3, 0.4) is 0 Å². The van der Waals surface area contributed by atoms with Crippen LogP contribution < -0.4 is 5.32 Å². The number of fused-ring (bicyclic) bond motifs is 1. The van der Waals surface area contributed by atoms with Crippen LogP contribution in [0.15, 0.2) is 30.5 Å². The number of nitrogens with zero attached hydrogens (tertiary/aromatic N) is 3. The van der Waals surface area contributed by atoms with Crippen LogP contribution in [0.4, 0.5) is 19.1 Å². The molecule has 1 atom stereocenters. The second-order valence-corrected chi connectivity index (χ2v) is 7.90. The molecule has 0 amide bonds. The smallest absolute Gasteiger partial charge is 0.373 e. The average molecular weight is 445 g/mol. The topological polar surface area (TPSA) is 63.0 Å². The van der Waals surface area contributed by atoms with Gasteiger partial charge < -0.3 is 10.4 Å². The van der Waals surface area contributed by atoms with Gasteiger partial charge in [-0.25, -0.2) is 9.97 Å². The van der Waals surface area contributed by atoms with Gasteiger partial charge in [0.2, 0.25) is 5.95 Å². The Kier molecular flexibility index (Phi) is 5.35. The van der Waals surface area contributed by atoms with Crippen molar-refractivity contribution in [2.24, 2.45) is 0 Å². The highest BCUT2D eigenvalue weighted by molar-refractivity contribution is 6.33. The standard InChI is InChI=1S/C19H17Cl2F3N4O/c20-12-4-5-14(21)10(6-12)7-16(29)27-18-26-15-8-11(19(22,23)24)9-25-17(15)28(18)13-2-1-3-13/h4-6,8-9,13,16,29H,1-3,7H2,(H,26,27). The van der Waals surface area contributed by atoms with E-state index in [1.54, 1.807) is 22.8 Å². The highest BCUT2D eigenvalue weighted by Crippen LogP contribution is 2.38. The molecule has 3 aromatic rings. The summed E-state index contributed by atoms with van der Waals surface area (Å²) in [4.78, 5) is 8.29. The first-order chi connectivity index (χ1) is 13.7. The number of pyridine rings is 1. The zero-order chi connectivity index (χ0) is 20.8. The zero-order valence-electron chi connectivity index (χ0n) is 15.0. The normalized spacial score (nSPS) is 16.1. The molecule has 29 heavy (non-hydrogen) atoms. The molecule has 1 saturated carbocycles. The fourth-order valence-electron chi connectivity index (χ4n) is 3.34. The van der Waals surface area contributed by atoms with Crippen molar-refractivity contribution in [2.45, 2.75) is 44.1 Å². The lowest BCUT2D eigenvalue weighted by atomic mass is 9.93. The molecule has 2 aromatic heterocycles. The van der Waals surface area contributed by atoms with Crippen molar-refractivity contribution in [3.05, 3.63) is 51.6 Å². The number of imidazole rings is 1. The molecule has 4 rings (SSSR count). The number of aliphatic hydroxyl groups excluding tert-OH is 1. The molecule has 1 aliphatic carbocycles. The molecule has 0 saturated heterocycles. The Balaban J connectivity index is 1.65. The van der Waals surface area contributed by atoms with Crippen molar-refractivity contribution in [2.75, 3.05) is 5.32 Å². The fourth-order valence-corrected chi connectivity index (χ4v) is 3.73. The zero-order valence-corrected chi connectivity index (χ0v) is 16.6. The lowest BCUT2D eigenvalue weighted by molar-refractivity contribution is -0.137. The van der Waals surface area contributed by atoms with E-state index >= 15 is 0 Å². The lowest BCUT2D eigenvalue weighted by Crippen LogP contribution is -2.26. The van der Waals surface area contributed by atoms with Crippen molar-refractivity contribution in [3.8, 4) is 0 Å². The van der Waals surface area contributed by atoms with Crippen LogP contribution in [0.2, 0.25) is 10.0 Å². The molecular formula is C19H17Cl2F3N4O. The first-order valence-corrected chi connectivity index (χ1v) is 9.81. The van der Waals surface area contributed by atoms with Crippen molar-refractivity contribution < 1.29 is 18.3 Å². The van der Waals surface area contributed by atoms with E-state index in [1.807, 2.05) is 0 Å². The Morgan fingerprint density at radius 1 is 1.24 bits per heavy atom. The lowest BCUT2D eigenvalue weighted by Gasteiger charge is -2.29. The van der Waals surface area contributed by atoms with Gasteiger partial charge in [-0.1, -0.05) is 23.2 Å². The van der Waals surface area contributed by atoms with Gasteiger partial charge in [0.25, 0.3) is 0 Å². The van der Waals surface area contributed by atoms with E-state index in [-0.39, 0.29) is 23.9 Å². The number of hydrogen-bond donors (Lipinski definition) is 2. The maximum atomic E-state index is 13.0. The number of aliphatic hydroxyl groups is 1. The van der Waals surface area contributed by atoms with Gasteiger partial charge in [-0.15, -0.1) is 0 Å². The van der Waals surface area contributed by atoms with E-state index < -0.39 is 18.0 Å². The summed E-state index contributed by atoms with van der Waals surface area (Å²) in [5.41, 5.74) is 0.268. The van der Waals surface area contributed by atoms with Gasteiger partial charge in [0.15, 0.2) is 5.65 Å². The number of rotatable bonds is 5. The molecule has 0 aliphatic heterocycles. The minimum absolute atomic E-state index is 0.0775. The van der Waals surface area contributed by atoms with Crippen LogP contribution in [-0.4, -0.2) is 25.9 Å². The molecule has 154 valence electrons. The number of anilines is 1. The third kappa shape index (κ3) is 4.15. The Morgan fingerprint density at radius 3 is 2.66 bits per heavy atom. The molecule has 5 nitrogen and oxygen atoms in total. The first kappa shape index (κ1) is 20.3. The Labute approximate surface area is 174 Å². The van der Waals surface area contributed by atoms with Crippen LogP contribution >= 0.6 is 23.2 Å².